The molecule has 1 saturated heterocycles. The maximum atomic E-state index is 6.08. The van der Waals surface area contributed by atoms with Crippen molar-refractivity contribution in [3.05, 3.63) is 57.6 Å². The van der Waals surface area contributed by atoms with Gasteiger partial charge in [0.25, 0.3) is 0 Å². The molecule has 0 N–H and O–H groups in total. The maximum Gasteiger partial charge on any atom is 0.161 e. The van der Waals surface area contributed by atoms with Gasteiger partial charge in [-0.25, -0.2) is 0 Å². The van der Waals surface area contributed by atoms with Gasteiger partial charge in [0.1, 0.15) is 6.61 Å². The van der Waals surface area contributed by atoms with E-state index in [0.717, 1.165) is 62.8 Å². The van der Waals surface area contributed by atoms with Gasteiger partial charge < -0.3 is 14.2 Å². The molecule has 3 rings (SSSR count). The van der Waals surface area contributed by atoms with Crippen molar-refractivity contribution in [2.24, 2.45) is 0 Å². The van der Waals surface area contributed by atoms with Crippen molar-refractivity contribution in [2.45, 2.75) is 26.4 Å². The van der Waals surface area contributed by atoms with Gasteiger partial charge in [-0.2, -0.15) is 0 Å². The predicted octanol–water partition coefficient (Wildman–Crippen LogP) is 5.24. The van der Waals surface area contributed by atoms with Gasteiger partial charge in [0.2, 0.25) is 0 Å². The quantitative estimate of drug-likeness (QED) is 0.551. The highest BCUT2D eigenvalue weighted by Gasteiger charge is 2.11. The Labute approximate surface area is 177 Å². The van der Waals surface area contributed by atoms with Crippen LogP contribution in [0.25, 0.3) is 0 Å². The number of benzene rings is 2. The van der Waals surface area contributed by atoms with Gasteiger partial charge in [0, 0.05) is 13.1 Å². The summed E-state index contributed by atoms with van der Waals surface area (Å²) in [5.74, 6) is 1.52. The summed E-state index contributed by atoms with van der Waals surface area (Å²) in [6, 6.07) is 11.7. The number of morpholine rings is 1. The minimum atomic E-state index is 0.410. The van der Waals surface area contributed by atoms with E-state index in [4.69, 9.17) is 37.4 Å². The summed E-state index contributed by atoms with van der Waals surface area (Å²) in [4.78, 5) is 2.46. The first-order valence-corrected chi connectivity index (χ1v) is 10.5. The second-order valence-corrected chi connectivity index (χ2v) is 7.62. The van der Waals surface area contributed by atoms with Gasteiger partial charge in [-0.3, -0.25) is 4.90 Å². The number of ether oxygens (including phenoxy) is 3. The summed E-state index contributed by atoms with van der Waals surface area (Å²) in [6.07, 6.45) is 2.14. The first-order valence-electron chi connectivity index (χ1n) is 9.78. The van der Waals surface area contributed by atoms with E-state index in [-0.39, 0.29) is 0 Å². The summed E-state index contributed by atoms with van der Waals surface area (Å²) < 4.78 is 17.2. The molecule has 2 aromatic rings. The lowest BCUT2D eigenvalue weighted by Gasteiger charge is -2.26. The molecular weight excluding hydrogens is 397 g/mol. The van der Waals surface area contributed by atoms with Crippen LogP contribution in [0, 0.1) is 0 Å². The third kappa shape index (κ3) is 6.28. The summed E-state index contributed by atoms with van der Waals surface area (Å²) in [7, 11) is 0. The van der Waals surface area contributed by atoms with Crippen molar-refractivity contribution < 1.29 is 14.2 Å². The Morgan fingerprint density at radius 3 is 2.46 bits per heavy atom. The SMILES string of the molecule is CCOc1cc(CCCN2CCOCC2)ccc1OCc1ccc(Cl)c(Cl)c1. The number of hydrogen-bond acceptors (Lipinski definition) is 4. The second-order valence-electron chi connectivity index (χ2n) is 6.81. The first kappa shape index (κ1) is 21.3. The van der Waals surface area contributed by atoms with Crippen LogP contribution < -0.4 is 9.47 Å². The fourth-order valence-electron chi connectivity index (χ4n) is 3.22. The van der Waals surface area contributed by atoms with E-state index >= 15 is 0 Å². The molecule has 4 nitrogen and oxygen atoms in total. The van der Waals surface area contributed by atoms with E-state index in [1.165, 1.54) is 5.56 Å². The van der Waals surface area contributed by atoms with Crippen LogP contribution in [0.3, 0.4) is 0 Å². The van der Waals surface area contributed by atoms with Crippen molar-refractivity contribution >= 4 is 23.2 Å². The molecule has 2 aromatic carbocycles. The Bertz CT molecular complexity index is 763. The minimum Gasteiger partial charge on any atom is -0.490 e. The molecule has 152 valence electrons. The summed E-state index contributed by atoms with van der Waals surface area (Å²) >= 11 is 12.1. The van der Waals surface area contributed by atoms with Crippen molar-refractivity contribution in [1.29, 1.82) is 0 Å². The first-order chi connectivity index (χ1) is 13.7. The molecule has 0 aliphatic carbocycles. The van der Waals surface area contributed by atoms with Crippen LogP contribution in [0.15, 0.2) is 36.4 Å². The largest absolute Gasteiger partial charge is 0.490 e. The summed E-state index contributed by atoms with van der Waals surface area (Å²) in [6.45, 7) is 7.85. The molecule has 0 unspecified atom stereocenters. The maximum absolute atomic E-state index is 6.08. The standard InChI is InChI=1S/C22H27Cl2NO3/c1-2-27-22-15-17(4-3-9-25-10-12-26-13-11-25)6-8-21(22)28-16-18-5-7-19(23)20(24)14-18/h5-8,14-15H,2-4,9-13,16H2,1H3. The smallest absolute Gasteiger partial charge is 0.161 e. The molecule has 0 aromatic heterocycles. The van der Waals surface area contributed by atoms with Gasteiger partial charge in [0.15, 0.2) is 11.5 Å². The molecule has 0 saturated carbocycles. The number of rotatable bonds is 9. The van der Waals surface area contributed by atoms with Crippen LogP contribution in [0.1, 0.15) is 24.5 Å². The zero-order valence-electron chi connectivity index (χ0n) is 16.3. The topological polar surface area (TPSA) is 30.9 Å². The molecular formula is C22H27Cl2NO3. The van der Waals surface area contributed by atoms with Crippen LogP contribution >= 0.6 is 23.2 Å². The fourth-order valence-corrected chi connectivity index (χ4v) is 3.54. The lowest BCUT2D eigenvalue weighted by Crippen LogP contribution is -2.36. The van der Waals surface area contributed by atoms with Gasteiger partial charge in [-0.15, -0.1) is 0 Å². The average molecular weight is 424 g/mol. The molecule has 0 atom stereocenters. The van der Waals surface area contributed by atoms with E-state index in [1.807, 2.05) is 25.1 Å². The monoisotopic (exact) mass is 423 g/mol. The molecule has 1 aliphatic rings. The Hall–Kier alpha value is -1.46. The van der Waals surface area contributed by atoms with Crippen LogP contribution in [-0.4, -0.2) is 44.4 Å². The van der Waals surface area contributed by atoms with Crippen LogP contribution in [-0.2, 0) is 17.8 Å². The van der Waals surface area contributed by atoms with Crippen LogP contribution in [0.2, 0.25) is 10.0 Å². The van der Waals surface area contributed by atoms with E-state index in [1.54, 1.807) is 6.07 Å². The lowest BCUT2D eigenvalue weighted by atomic mass is 10.1. The highest BCUT2D eigenvalue weighted by Crippen LogP contribution is 2.30. The van der Waals surface area contributed by atoms with Crippen molar-refractivity contribution in [3.63, 3.8) is 0 Å². The van der Waals surface area contributed by atoms with Gasteiger partial charge in [0.05, 0.1) is 29.9 Å². The zero-order valence-corrected chi connectivity index (χ0v) is 17.8. The zero-order chi connectivity index (χ0) is 19.8. The van der Waals surface area contributed by atoms with Crippen molar-refractivity contribution in [2.75, 3.05) is 39.5 Å². The minimum absolute atomic E-state index is 0.410. The molecule has 1 aliphatic heterocycles. The normalized spacial score (nSPS) is 14.8. The van der Waals surface area contributed by atoms with Crippen molar-refractivity contribution in [1.82, 2.24) is 4.90 Å². The Morgan fingerprint density at radius 2 is 1.71 bits per heavy atom. The third-order valence-electron chi connectivity index (χ3n) is 4.73. The van der Waals surface area contributed by atoms with Crippen molar-refractivity contribution in [3.8, 4) is 11.5 Å². The molecule has 1 fully saturated rings. The van der Waals surface area contributed by atoms with Gasteiger partial charge in [-0.05, 0) is 61.7 Å². The molecule has 0 radical (unpaired) electrons. The number of nitrogens with zero attached hydrogens (tertiary/aromatic N) is 1. The Morgan fingerprint density at radius 1 is 0.929 bits per heavy atom. The molecule has 28 heavy (non-hydrogen) atoms. The Balaban J connectivity index is 1.57. The number of aryl methyl sites for hydroxylation is 1. The Kier molecular flexibility index (Phi) is 8.28. The van der Waals surface area contributed by atoms with Gasteiger partial charge in [-0.1, -0.05) is 35.3 Å². The van der Waals surface area contributed by atoms with Gasteiger partial charge >= 0.3 is 0 Å². The van der Waals surface area contributed by atoms with Crippen LogP contribution in [0.5, 0.6) is 11.5 Å². The highest BCUT2D eigenvalue weighted by atomic mass is 35.5. The molecule has 0 spiro atoms. The summed E-state index contributed by atoms with van der Waals surface area (Å²) in [5.41, 5.74) is 2.23. The lowest BCUT2D eigenvalue weighted by molar-refractivity contribution is 0.0374. The molecule has 1 heterocycles. The van der Waals surface area contributed by atoms with E-state index in [9.17, 15) is 0 Å². The second kappa shape index (κ2) is 10.9. The molecule has 0 bridgehead atoms. The van der Waals surface area contributed by atoms with E-state index in [2.05, 4.69) is 17.0 Å². The number of hydrogen-bond donors (Lipinski definition) is 0. The molecule has 0 amide bonds. The number of halogens is 2. The van der Waals surface area contributed by atoms with Crippen LogP contribution in [0.4, 0.5) is 0 Å². The predicted molar refractivity (Wildman–Crippen MR) is 114 cm³/mol. The van der Waals surface area contributed by atoms with E-state index in [0.29, 0.717) is 23.3 Å². The summed E-state index contributed by atoms with van der Waals surface area (Å²) in [5, 5.41) is 1.07. The molecule has 6 heteroatoms. The fraction of sp³-hybridized carbons (Fsp3) is 0.455. The highest BCUT2D eigenvalue weighted by molar-refractivity contribution is 6.42. The third-order valence-corrected chi connectivity index (χ3v) is 5.47. The van der Waals surface area contributed by atoms with E-state index < -0.39 is 0 Å². The average Bonchev–Trinajstić information content (AvgIpc) is 2.71.